The van der Waals surface area contributed by atoms with Crippen molar-refractivity contribution in [1.82, 2.24) is 4.90 Å². The molecule has 0 bridgehead atoms. The molecule has 0 spiro atoms. The number of fused-ring (bicyclic) bond motifs is 3. The van der Waals surface area contributed by atoms with E-state index < -0.39 is 0 Å². The minimum atomic E-state index is 0. The van der Waals surface area contributed by atoms with Crippen molar-refractivity contribution in [3.05, 3.63) is 72.7 Å². The number of hydrogen-bond donors (Lipinski definition) is 0. The molecule has 0 N–H and O–H groups in total. The van der Waals surface area contributed by atoms with E-state index in [1.54, 1.807) is 0 Å². The van der Waals surface area contributed by atoms with Crippen LogP contribution in [0.1, 0.15) is 11.1 Å². The van der Waals surface area contributed by atoms with Crippen LogP contribution in [0, 0.1) is 12.7 Å². The van der Waals surface area contributed by atoms with Crippen LogP contribution < -0.4 is 4.90 Å². The first-order valence-corrected chi connectivity index (χ1v) is 6.48. The first kappa shape index (κ1) is 13.4. The fourth-order valence-electron chi connectivity index (χ4n) is 2.89. The zero-order chi connectivity index (χ0) is 12.8. The van der Waals surface area contributed by atoms with E-state index in [4.69, 9.17) is 0 Å². The maximum Gasteiger partial charge on any atom is 0 e. The molecule has 3 heteroatoms. The molecule has 2 nitrogen and oxygen atoms in total. The summed E-state index contributed by atoms with van der Waals surface area (Å²) in [5, 5.41) is 0. The van der Waals surface area contributed by atoms with E-state index in [0.29, 0.717) is 0 Å². The van der Waals surface area contributed by atoms with Gasteiger partial charge in [-0.05, 0) is 37.0 Å². The molecule has 0 unspecified atom stereocenters. The molecule has 20 heavy (non-hydrogen) atoms. The van der Waals surface area contributed by atoms with Gasteiger partial charge in [-0.15, -0.1) is 16.8 Å². The largest absolute Gasteiger partial charge is 0.510 e. The molecule has 2 aromatic carbocycles. The topological polar surface area (TPSA) is 6.48 Å². The van der Waals surface area contributed by atoms with Crippen LogP contribution in [-0.2, 0) is 26.5 Å². The van der Waals surface area contributed by atoms with Crippen LogP contribution in [0.3, 0.4) is 0 Å². The maximum atomic E-state index is 3.38. The first-order chi connectivity index (χ1) is 9.33. The molecule has 1 radical (unpaired) electrons. The van der Waals surface area contributed by atoms with Crippen LogP contribution in [0.25, 0.3) is 11.1 Å². The van der Waals surface area contributed by atoms with Gasteiger partial charge in [0.05, 0.1) is 0 Å². The summed E-state index contributed by atoms with van der Waals surface area (Å²) in [7, 11) is 2.04. The van der Waals surface area contributed by atoms with Gasteiger partial charge in [0.2, 0.25) is 0 Å². The third-order valence-electron chi connectivity index (χ3n) is 3.78. The Morgan fingerprint density at radius 2 is 1.95 bits per heavy atom. The fourth-order valence-corrected chi connectivity index (χ4v) is 2.89. The molecule has 4 rings (SSSR count). The van der Waals surface area contributed by atoms with Crippen molar-refractivity contribution in [3.8, 4) is 11.1 Å². The summed E-state index contributed by atoms with van der Waals surface area (Å²) in [5.41, 5.74) is 6.66. The molecule has 103 valence electrons. The van der Waals surface area contributed by atoms with Crippen molar-refractivity contribution in [3.63, 3.8) is 0 Å². The molecule has 0 amide bonds. The standard InChI is InChI=1S/C17H14N2.Ir/c1-18-9-10-19(12-18)17-8-4-7-15-14-6-3-2-5-13(14)11-16(15)17;/h2-7,9-10,12H,11H2,1H3;/q-2;. The smallest absolute Gasteiger partial charge is 0 e. The van der Waals surface area contributed by atoms with E-state index >= 15 is 0 Å². The monoisotopic (exact) mass is 439 g/mol. The van der Waals surface area contributed by atoms with Crippen molar-refractivity contribution in [2.75, 3.05) is 11.9 Å². The maximum absolute atomic E-state index is 3.38. The summed E-state index contributed by atoms with van der Waals surface area (Å²) in [5.74, 6) is 0. The van der Waals surface area contributed by atoms with Crippen molar-refractivity contribution in [2.24, 2.45) is 0 Å². The van der Waals surface area contributed by atoms with Crippen LogP contribution >= 0.6 is 0 Å². The number of rotatable bonds is 1. The zero-order valence-electron chi connectivity index (χ0n) is 11.1. The molecule has 1 aliphatic carbocycles. The Balaban J connectivity index is 0.00000121. The van der Waals surface area contributed by atoms with Crippen LogP contribution in [0.15, 0.2) is 48.8 Å². The Labute approximate surface area is 133 Å². The second-order valence-corrected chi connectivity index (χ2v) is 5.04. The van der Waals surface area contributed by atoms with Crippen LogP contribution in [0.4, 0.5) is 5.69 Å². The third-order valence-corrected chi connectivity index (χ3v) is 3.78. The normalized spacial score (nSPS) is 15.1. The minimum absolute atomic E-state index is 0. The minimum Gasteiger partial charge on any atom is -0.510 e. The number of nitrogens with zero attached hydrogens (tertiary/aromatic N) is 2. The van der Waals surface area contributed by atoms with Crippen molar-refractivity contribution in [2.45, 2.75) is 6.42 Å². The summed E-state index contributed by atoms with van der Waals surface area (Å²) >= 11 is 0. The van der Waals surface area contributed by atoms with Crippen LogP contribution in [-0.4, -0.2) is 11.9 Å². The molecule has 1 heterocycles. The average Bonchev–Trinajstić information content (AvgIpc) is 3.02. The summed E-state index contributed by atoms with van der Waals surface area (Å²) < 4.78 is 0. The van der Waals surface area contributed by atoms with Gasteiger partial charge in [-0.3, -0.25) is 0 Å². The Kier molecular flexibility index (Phi) is 3.41. The van der Waals surface area contributed by atoms with E-state index in [1.165, 1.54) is 22.3 Å². The molecule has 2 aromatic rings. The molecule has 0 fully saturated rings. The van der Waals surface area contributed by atoms with Crippen molar-refractivity contribution < 1.29 is 20.1 Å². The van der Waals surface area contributed by atoms with E-state index in [0.717, 1.165) is 12.1 Å². The number of benzene rings is 2. The van der Waals surface area contributed by atoms with E-state index in [-0.39, 0.29) is 20.1 Å². The van der Waals surface area contributed by atoms with Crippen LogP contribution in [0.5, 0.6) is 0 Å². The molecular weight excluding hydrogens is 424 g/mol. The van der Waals surface area contributed by atoms with Gasteiger partial charge in [0.25, 0.3) is 0 Å². The number of hydrogen-bond acceptors (Lipinski definition) is 2. The van der Waals surface area contributed by atoms with E-state index in [2.05, 4.69) is 65.3 Å². The second kappa shape index (κ2) is 5.08. The molecule has 0 saturated heterocycles. The summed E-state index contributed by atoms with van der Waals surface area (Å²) in [6.07, 6.45) is 5.13. The molecule has 1 aliphatic heterocycles. The Hall–Kier alpha value is -1.57. The quantitative estimate of drug-likeness (QED) is 0.538. The van der Waals surface area contributed by atoms with Gasteiger partial charge in [0.1, 0.15) is 0 Å². The summed E-state index contributed by atoms with van der Waals surface area (Å²) in [6, 6.07) is 16.2. The predicted molar refractivity (Wildman–Crippen MR) is 77.2 cm³/mol. The Morgan fingerprint density at radius 1 is 1.10 bits per heavy atom. The van der Waals surface area contributed by atoms with Crippen molar-refractivity contribution in [1.29, 1.82) is 0 Å². The van der Waals surface area contributed by atoms with Gasteiger partial charge in [0, 0.05) is 20.1 Å². The molecular formula is C17H14IrN2-2. The molecule has 0 atom stereocenters. The van der Waals surface area contributed by atoms with Gasteiger partial charge >= 0.3 is 0 Å². The molecule has 0 saturated carbocycles. The summed E-state index contributed by atoms with van der Waals surface area (Å²) in [6.45, 7) is 2.08. The van der Waals surface area contributed by atoms with Gasteiger partial charge in [-0.2, -0.15) is 24.9 Å². The Morgan fingerprint density at radius 3 is 2.75 bits per heavy atom. The second-order valence-electron chi connectivity index (χ2n) is 5.04. The molecule has 2 aliphatic rings. The van der Waals surface area contributed by atoms with Crippen LogP contribution in [0.2, 0.25) is 0 Å². The SMILES string of the molecule is CN1C=CN(c2[c-]ccc3c2Cc2ccccc2-3)[CH-]1.[Ir]. The van der Waals surface area contributed by atoms with E-state index in [9.17, 15) is 0 Å². The van der Waals surface area contributed by atoms with E-state index in [1.807, 2.05) is 13.1 Å². The molecule has 0 aromatic heterocycles. The summed E-state index contributed by atoms with van der Waals surface area (Å²) in [4.78, 5) is 4.19. The van der Waals surface area contributed by atoms with Gasteiger partial charge < -0.3 is 9.80 Å². The predicted octanol–water partition coefficient (Wildman–Crippen LogP) is 3.40. The third kappa shape index (κ3) is 1.98. The average molecular weight is 439 g/mol. The Bertz CT molecular complexity index is 678. The fraction of sp³-hybridized carbons (Fsp3) is 0.118. The van der Waals surface area contributed by atoms with Gasteiger partial charge in [0.15, 0.2) is 0 Å². The number of anilines is 1. The van der Waals surface area contributed by atoms with Gasteiger partial charge in [-0.25, -0.2) is 0 Å². The van der Waals surface area contributed by atoms with Crippen molar-refractivity contribution >= 4 is 5.69 Å². The van der Waals surface area contributed by atoms with Gasteiger partial charge in [-0.1, -0.05) is 24.3 Å². The zero-order valence-corrected chi connectivity index (χ0v) is 13.5. The first-order valence-electron chi connectivity index (χ1n) is 6.48.